The first kappa shape index (κ1) is 17.1. The number of anilines is 2. The Morgan fingerprint density at radius 1 is 1.38 bits per heavy atom. The van der Waals surface area contributed by atoms with Crippen LogP contribution in [0.4, 0.5) is 11.4 Å². The summed E-state index contributed by atoms with van der Waals surface area (Å²) in [4.78, 5) is 22.7. The zero-order valence-electron chi connectivity index (χ0n) is 12.1. The molecule has 0 aliphatic carbocycles. The van der Waals surface area contributed by atoms with Gasteiger partial charge >= 0.3 is 5.97 Å². The Bertz CT molecular complexity index is 532. The fraction of sp³-hybridized carbons (Fsp3) is 0.429. The van der Waals surface area contributed by atoms with Crippen LogP contribution in [0, 0.1) is 5.92 Å². The molecular weight excluding hydrogens is 294 g/mol. The zero-order valence-corrected chi connectivity index (χ0v) is 12.8. The van der Waals surface area contributed by atoms with Crippen molar-refractivity contribution in [1.82, 2.24) is 5.32 Å². The lowest BCUT2D eigenvalue weighted by atomic mass is 10.1. The van der Waals surface area contributed by atoms with Crippen LogP contribution < -0.4 is 16.4 Å². The molecule has 0 heterocycles. The molecule has 0 unspecified atom stereocenters. The predicted molar refractivity (Wildman–Crippen MR) is 83.8 cm³/mol. The molecular formula is C14H20ClN3O3. The van der Waals surface area contributed by atoms with Crippen LogP contribution in [0.3, 0.4) is 0 Å². The lowest BCUT2D eigenvalue weighted by molar-refractivity contribution is -0.120. The van der Waals surface area contributed by atoms with Crippen molar-refractivity contribution in [3.8, 4) is 0 Å². The van der Waals surface area contributed by atoms with E-state index in [1.165, 1.54) is 12.1 Å². The number of nitrogens with two attached hydrogens (primary N) is 1. The van der Waals surface area contributed by atoms with Crippen LogP contribution in [0.25, 0.3) is 0 Å². The predicted octanol–water partition coefficient (Wildman–Crippen LogP) is 2.19. The highest BCUT2D eigenvalue weighted by atomic mass is 35.5. The Hall–Kier alpha value is -1.95. The Labute approximate surface area is 128 Å². The van der Waals surface area contributed by atoms with Crippen molar-refractivity contribution in [2.45, 2.75) is 20.3 Å². The number of halogens is 1. The number of hydrogen-bond acceptors (Lipinski definition) is 4. The number of nitrogen functional groups attached to an aromatic ring is 1. The summed E-state index contributed by atoms with van der Waals surface area (Å²) in [5.74, 6) is -0.845. The van der Waals surface area contributed by atoms with Crippen LogP contribution in [0.15, 0.2) is 12.1 Å². The summed E-state index contributed by atoms with van der Waals surface area (Å²) in [5.41, 5.74) is 6.11. The average molecular weight is 314 g/mol. The monoisotopic (exact) mass is 313 g/mol. The maximum Gasteiger partial charge on any atom is 0.337 e. The number of amides is 1. The standard InChI is InChI=1S/C14H20ClN3O3/c1-8(2)7-18-12(19)3-4-17-13-10(14(20)21)5-9(16)6-11(13)15/h5-6,8,17H,3-4,7,16H2,1-2H3,(H,18,19)(H,20,21). The number of nitrogens with one attached hydrogen (secondary N) is 2. The molecule has 0 atom stereocenters. The molecule has 0 radical (unpaired) electrons. The van der Waals surface area contributed by atoms with Crippen molar-refractivity contribution in [3.05, 3.63) is 22.7 Å². The van der Waals surface area contributed by atoms with E-state index < -0.39 is 5.97 Å². The highest BCUT2D eigenvalue weighted by Crippen LogP contribution is 2.29. The number of carbonyl (C=O) groups is 2. The van der Waals surface area contributed by atoms with Gasteiger partial charge in [0.25, 0.3) is 0 Å². The Kier molecular flexibility index (Phi) is 6.30. The maximum atomic E-state index is 11.6. The Morgan fingerprint density at radius 3 is 2.62 bits per heavy atom. The summed E-state index contributed by atoms with van der Waals surface area (Å²) in [5, 5.41) is 15.0. The topological polar surface area (TPSA) is 104 Å². The molecule has 0 aliphatic rings. The third-order valence-electron chi connectivity index (χ3n) is 2.70. The van der Waals surface area contributed by atoms with Gasteiger partial charge < -0.3 is 21.5 Å². The number of rotatable bonds is 7. The Balaban J connectivity index is 2.63. The van der Waals surface area contributed by atoms with E-state index in [1.807, 2.05) is 13.8 Å². The summed E-state index contributed by atoms with van der Waals surface area (Å²) in [7, 11) is 0. The molecule has 0 saturated heterocycles. The van der Waals surface area contributed by atoms with Gasteiger partial charge in [0.15, 0.2) is 0 Å². The van der Waals surface area contributed by atoms with E-state index in [2.05, 4.69) is 10.6 Å². The summed E-state index contributed by atoms with van der Waals surface area (Å²) < 4.78 is 0. The number of carboxylic acid groups (broad SMARTS) is 1. The summed E-state index contributed by atoms with van der Waals surface area (Å²) in [6, 6.07) is 2.80. The van der Waals surface area contributed by atoms with Gasteiger partial charge in [0.2, 0.25) is 5.91 Å². The molecule has 1 aromatic rings. The van der Waals surface area contributed by atoms with Gasteiger partial charge in [0, 0.05) is 25.2 Å². The van der Waals surface area contributed by atoms with Crippen LogP contribution in [-0.4, -0.2) is 30.1 Å². The molecule has 0 aromatic heterocycles. The van der Waals surface area contributed by atoms with Crippen molar-refractivity contribution >= 4 is 34.9 Å². The number of aromatic carboxylic acids is 1. The quantitative estimate of drug-likeness (QED) is 0.578. The van der Waals surface area contributed by atoms with Gasteiger partial charge in [-0.2, -0.15) is 0 Å². The minimum absolute atomic E-state index is 0.0115. The summed E-state index contributed by atoms with van der Waals surface area (Å²) in [6.45, 7) is 4.91. The van der Waals surface area contributed by atoms with E-state index in [9.17, 15) is 9.59 Å². The van der Waals surface area contributed by atoms with Gasteiger partial charge in [-0.1, -0.05) is 25.4 Å². The van der Waals surface area contributed by atoms with Gasteiger partial charge in [0.1, 0.15) is 0 Å². The van der Waals surface area contributed by atoms with E-state index in [-0.39, 0.29) is 40.8 Å². The minimum atomic E-state index is -1.13. The van der Waals surface area contributed by atoms with Crippen molar-refractivity contribution in [1.29, 1.82) is 0 Å². The first-order valence-corrected chi connectivity index (χ1v) is 7.02. The van der Waals surface area contributed by atoms with Crippen molar-refractivity contribution in [3.63, 3.8) is 0 Å². The zero-order chi connectivity index (χ0) is 16.0. The molecule has 1 rings (SSSR count). The molecule has 0 saturated carbocycles. The molecule has 0 bridgehead atoms. The molecule has 6 nitrogen and oxygen atoms in total. The van der Waals surface area contributed by atoms with Gasteiger partial charge in [-0.3, -0.25) is 4.79 Å². The SMILES string of the molecule is CC(C)CNC(=O)CCNc1c(Cl)cc(N)cc1C(=O)O. The summed E-state index contributed by atoms with van der Waals surface area (Å²) in [6.07, 6.45) is 0.229. The minimum Gasteiger partial charge on any atom is -0.478 e. The highest BCUT2D eigenvalue weighted by molar-refractivity contribution is 6.34. The average Bonchev–Trinajstić information content (AvgIpc) is 2.38. The molecule has 1 aromatic carbocycles. The second-order valence-corrected chi connectivity index (χ2v) is 5.51. The van der Waals surface area contributed by atoms with E-state index in [1.54, 1.807) is 0 Å². The van der Waals surface area contributed by atoms with Crippen LogP contribution in [-0.2, 0) is 4.79 Å². The Morgan fingerprint density at radius 2 is 2.05 bits per heavy atom. The van der Waals surface area contributed by atoms with Crippen LogP contribution in [0.1, 0.15) is 30.6 Å². The second-order valence-electron chi connectivity index (χ2n) is 5.11. The molecule has 0 spiro atoms. The number of carbonyl (C=O) groups excluding carboxylic acids is 1. The number of carboxylic acids is 1. The highest BCUT2D eigenvalue weighted by Gasteiger charge is 2.15. The van der Waals surface area contributed by atoms with Crippen molar-refractivity contribution in [2.75, 3.05) is 24.1 Å². The smallest absolute Gasteiger partial charge is 0.337 e. The third kappa shape index (κ3) is 5.51. The number of hydrogen-bond donors (Lipinski definition) is 4. The van der Waals surface area contributed by atoms with Gasteiger partial charge in [-0.25, -0.2) is 4.79 Å². The van der Waals surface area contributed by atoms with Gasteiger partial charge in [-0.05, 0) is 18.1 Å². The van der Waals surface area contributed by atoms with E-state index in [4.69, 9.17) is 22.4 Å². The van der Waals surface area contributed by atoms with E-state index in [0.717, 1.165) is 0 Å². The third-order valence-corrected chi connectivity index (χ3v) is 3.00. The fourth-order valence-corrected chi connectivity index (χ4v) is 1.98. The first-order valence-electron chi connectivity index (χ1n) is 6.64. The van der Waals surface area contributed by atoms with Crippen LogP contribution in [0.2, 0.25) is 5.02 Å². The first-order chi connectivity index (χ1) is 9.81. The maximum absolute atomic E-state index is 11.6. The molecule has 0 fully saturated rings. The number of benzene rings is 1. The van der Waals surface area contributed by atoms with Crippen molar-refractivity contribution < 1.29 is 14.7 Å². The molecule has 116 valence electrons. The van der Waals surface area contributed by atoms with E-state index in [0.29, 0.717) is 12.5 Å². The van der Waals surface area contributed by atoms with E-state index >= 15 is 0 Å². The normalized spacial score (nSPS) is 10.5. The summed E-state index contributed by atoms with van der Waals surface area (Å²) >= 11 is 5.99. The van der Waals surface area contributed by atoms with Crippen LogP contribution >= 0.6 is 11.6 Å². The molecule has 7 heteroatoms. The second kappa shape index (κ2) is 7.73. The lowest BCUT2D eigenvalue weighted by Gasteiger charge is -2.13. The largest absolute Gasteiger partial charge is 0.478 e. The molecule has 5 N–H and O–H groups in total. The molecule has 0 aliphatic heterocycles. The van der Waals surface area contributed by atoms with Crippen molar-refractivity contribution in [2.24, 2.45) is 5.92 Å². The van der Waals surface area contributed by atoms with Gasteiger partial charge in [-0.15, -0.1) is 0 Å². The van der Waals surface area contributed by atoms with Crippen LogP contribution in [0.5, 0.6) is 0 Å². The van der Waals surface area contributed by atoms with Gasteiger partial charge in [0.05, 0.1) is 16.3 Å². The molecule has 21 heavy (non-hydrogen) atoms. The molecule has 1 amide bonds. The lowest BCUT2D eigenvalue weighted by Crippen LogP contribution is -2.28. The fourth-order valence-electron chi connectivity index (χ4n) is 1.68.